The van der Waals surface area contributed by atoms with Gasteiger partial charge in [0.25, 0.3) is 0 Å². The Morgan fingerprint density at radius 1 is 1.16 bits per heavy atom. The van der Waals surface area contributed by atoms with Gasteiger partial charge in [-0.1, -0.05) is 12.8 Å². The molecule has 25 heavy (non-hydrogen) atoms. The van der Waals surface area contributed by atoms with Gasteiger partial charge in [-0.3, -0.25) is 24.1 Å². The van der Waals surface area contributed by atoms with Crippen molar-refractivity contribution in [3.8, 4) is 0 Å². The molecule has 1 spiro atoms. The lowest BCUT2D eigenvalue weighted by Gasteiger charge is -2.25. The second-order valence-electron chi connectivity index (χ2n) is 6.84. The number of nitrogens with zero attached hydrogens (tertiary/aromatic N) is 1. The van der Waals surface area contributed by atoms with Gasteiger partial charge in [0.15, 0.2) is 0 Å². The maximum absolute atomic E-state index is 12.7. The third kappa shape index (κ3) is 3.01. The highest BCUT2D eigenvalue weighted by molar-refractivity contribution is 6.10. The first-order valence-corrected chi connectivity index (χ1v) is 8.41. The number of nitrogens with two attached hydrogens (primary N) is 1. The number of hydrogen-bond donors (Lipinski definition) is 2. The number of benzene rings is 1. The summed E-state index contributed by atoms with van der Waals surface area (Å²) in [6.45, 7) is 1.55. The number of hydrogen-bond acceptors (Lipinski definition) is 4. The van der Waals surface area contributed by atoms with Crippen molar-refractivity contribution in [3.63, 3.8) is 0 Å². The molecule has 1 saturated carbocycles. The molecule has 132 valence electrons. The molecule has 0 aromatic heterocycles. The summed E-state index contributed by atoms with van der Waals surface area (Å²) in [7, 11) is 0. The van der Waals surface area contributed by atoms with Crippen LogP contribution >= 0.6 is 0 Å². The van der Waals surface area contributed by atoms with Crippen LogP contribution in [-0.4, -0.2) is 34.6 Å². The Morgan fingerprint density at radius 2 is 1.76 bits per heavy atom. The molecule has 4 amide bonds. The molecule has 1 aromatic carbocycles. The maximum Gasteiger partial charge on any atom is 0.248 e. The van der Waals surface area contributed by atoms with E-state index in [-0.39, 0.29) is 18.2 Å². The molecular formula is C18H21N3O4. The zero-order chi connectivity index (χ0) is 18.2. The molecule has 1 atom stereocenters. The summed E-state index contributed by atoms with van der Waals surface area (Å²) in [4.78, 5) is 49.7. The van der Waals surface area contributed by atoms with E-state index < -0.39 is 23.3 Å². The van der Waals surface area contributed by atoms with E-state index in [2.05, 4.69) is 5.32 Å². The van der Waals surface area contributed by atoms with Crippen molar-refractivity contribution in [1.29, 1.82) is 0 Å². The second kappa shape index (κ2) is 6.31. The molecular weight excluding hydrogens is 322 g/mol. The van der Waals surface area contributed by atoms with Crippen molar-refractivity contribution in [2.24, 2.45) is 11.1 Å². The lowest BCUT2D eigenvalue weighted by Crippen LogP contribution is -2.46. The van der Waals surface area contributed by atoms with Crippen LogP contribution in [-0.2, 0) is 14.4 Å². The molecule has 7 heteroatoms. The fraction of sp³-hybridized carbons (Fsp3) is 0.444. The van der Waals surface area contributed by atoms with E-state index in [0.717, 1.165) is 30.6 Å². The summed E-state index contributed by atoms with van der Waals surface area (Å²) in [6, 6.07) is 5.23. The number of amides is 4. The van der Waals surface area contributed by atoms with Crippen LogP contribution in [0.5, 0.6) is 0 Å². The number of rotatable bonds is 4. The highest BCUT2D eigenvalue weighted by Gasteiger charge is 2.54. The average molecular weight is 343 g/mol. The van der Waals surface area contributed by atoms with Crippen LogP contribution in [0.4, 0.5) is 5.69 Å². The molecule has 7 nitrogen and oxygen atoms in total. The van der Waals surface area contributed by atoms with Gasteiger partial charge in [0.05, 0.1) is 5.41 Å². The van der Waals surface area contributed by atoms with E-state index in [1.54, 1.807) is 19.1 Å². The molecule has 1 saturated heterocycles. The summed E-state index contributed by atoms with van der Waals surface area (Å²) in [6.07, 6.45) is 3.53. The molecule has 0 radical (unpaired) electrons. The third-order valence-electron chi connectivity index (χ3n) is 5.20. The van der Waals surface area contributed by atoms with E-state index in [1.807, 2.05) is 0 Å². The number of nitrogens with one attached hydrogen (secondary N) is 1. The van der Waals surface area contributed by atoms with Crippen molar-refractivity contribution in [2.75, 3.05) is 5.32 Å². The Kier molecular flexibility index (Phi) is 4.32. The molecule has 2 fully saturated rings. The minimum atomic E-state index is -0.879. The summed E-state index contributed by atoms with van der Waals surface area (Å²) in [5, 5.41) is 2.67. The number of anilines is 1. The van der Waals surface area contributed by atoms with Gasteiger partial charge in [0.1, 0.15) is 6.04 Å². The first kappa shape index (κ1) is 17.1. The zero-order valence-corrected chi connectivity index (χ0v) is 14.1. The highest BCUT2D eigenvalue weighted by atomic mass is 16.2. The smallest absolute Gasteiger partial charge is 0.248 e. The minimum absolute atomic E-state index is 0.205. The molecule has 1 aromatic rings. The quantitative estimate of drug-likeness (QED) is 0.806. The predicted molar refractivity (Wildman–Crippen MR) is 90.4 cm³/mol. The van der Waals surface area contributed by atoms with Gasteiger partial charge in [-0.05, 0) is 44.0 Å². The molecule has 0 bridgehead atoms. The maximum atomic E-state index is 12.7. The normalized spacial score (nSPS) is 20.1. The minimum Gasteiger partial charge on any atom is -0.366 e. The standard InChI is InChI=1S/C18H21N3O4/c1-11(16(24)20-13-6-4-12(5-7-13)15(19)23)21-14(22)10-18(17(21)25)8-2-3-9-18/h4-7,11H,2-3,8-10H2,1H3,(H2,19,23)(H,20,24)/t11-/m0/s1. The molecule has 3 rings (SSSR count). The van der Waals surface area contributed by atoms with Crippen molar-refractivity contribution >= 4 is 29.3 Å². The Labute approximate surface area is 145 Å². The average Bonchev–Trinajstić information content (AvgIpc) is 3.13. The van der Waals surface area contributed by atoms with Crippen LogP contribution in [0.1, 0.15) is 49.4 Å². The van der Waals surface area contributed by atoms with Gasteiger partial charge in [-0.2, -0.15) is 0 Å². The van der Waals surface area contributed by atoms with Crippen LogP contribution < -0.4 is 11.1 Å². The second-order valence-corrected chi connectivity index (χ2v) is 6.84. The lowest BCUT2D eigenvalue weighted by atomic mass is 9.84. The van der Waals surface area contributed by atoms with E-state index in [1.165, 1.54) is 12.1 Å². The van der Waals surface area contributed by atoms with E-state index in [0.29, 0.717) is 11.3 Å². The van der Waals surface area contributed by atoms with Crippen molar-refractivity contribution in [3.05, 3.63) is 29.8 Å². The number of carbonyl (C=O) groups excluding carboxylic acids is 4. The summed E-state index contributed by atoms with van der Waals surface area (Å²) in [5.41, 5.74) is 5.39. The number of likely N-dealkylation sites (tertiary alicyclic amines) is 1. The van der Waals surface area contributed by atoms with Crippen LogP contribution in [0.3, 0.4) is 0 Å². The van der Waals surface area contributed by atoms with Crippen LogP contribution in [0, 0.1) is 5.41 Å². The Morgan fingerprint density at radius 3 is 2.32 bits per heavy atom. The first-order valence-electron chi connectivity index (χ1n) is 8.41. The third-order valence-corrected chi connectivity index (χ3v) is 5.20. The van der Waals surface area contributed by atoms with Crippen LogP contribution in [0.15, 0.2) is 24.3 Å². The van der Waals surface area contributed by atoms with E-state index in [9.17, 15) is 19.2 Å². The Hall–Kier alpha value is -2.70. The van der Waals surface area contributed by atoms with Crippen molar-refractivity contribution in [1.82, 2.24) is 4.90 Å². The lowest BCUT2D eigenvalue weighted by molar-refractivity contribution is -0.147. The first-order chi connectivity index (χ1) is 11.8. The van der Waals surface area contributed by atoms with Gasteiger partial charge in [-0.25, -0.2) is 0 Å². The van der Waals surface area contributed by atoms with Gasteiger partial charge in [0.2, 0.25) is 23.6 Å². The topological polar surface area (TPSA) is 110 Å². The van der Waals surface area contributed by atoms with E-state index in [4.69, 9.17) is 5.73 Å². The fourth-order valence-corrected chi connectivity index (χ4v) is 3.74. The number of imide groups is 1. The van der Waals surface area contributed by atoms with Gasteiger partial charge < -0.3 is 11.1 Å². The van der Waals surface area contributed by atoms with Crippen LogP contribution in [0.25, 0.3) is 0 Å². The molecule has 3 N–H and O–H groups in total. The van der Waals surface area contributed by atoms with Gasteiger partial charge in [0, 0.05) is 17.7 Å². The summed E-state index contributed by atoms with van der Waals surface area (Å²) in [5.74, 6) is -1.50. The van der Waals surface area contributed by atoms with Gasteiger partial charge in [-0.15, -0.1) is 0 Å². The molecule has 0 unspecified atom stereocenters. The monoisotopic (exact) mass is 343 g/mol. The molecule has 1 aliphatic heterocycles. The summed E-state index contributed by atoms with van der Waals surface area (Å²) < 4.78 is 0. The largest absolute Gasteiger partial charge is 0.366 e. The Bertz CT molecular complexity index is 735. The molecule has 1 heterocycles. The summed E-state index contributed by atoms with van der Waals surface area (Å²) >= 11 is 0. The Balaban J connectivity index is 1.71. The SMILES string of the molecule is C[C@@H](C(=O)Nc1ccc(C(N)=O)cc1)N1C(=O)CC2(CCCC2)C1=O. The highest BCUT2D eigenvalue weighted by Crippen LogP contribution is 2.47. The number of carbonyl (C=O) groups is 4. The molecule has 2 aliphatic rings. The van der Waals surface area contributed by atoms with Crippen molar-refractivity contribution in [2.45, 2.75) is 45.1 Å². The fourth-order valence-electron chi connectivity index (χ4n) is 3.74. The predicted octanol–water partition coefficient (Wildman–Crippen LogP) is 1.43. The van der Waals surface area contributed by atoms with Gasteiger partial charge >= 0.3 is 0 Å². The molecule has 1 aliphatic carbocycles. The van der Waals surface area contributed by atoms with Crippen molar-refractivity contribution < 1.29 is 19.2 Å². The number of primary amides is 1. The van der Waals surface area contributed by atoms with E-state index >= 15 is 0 Å². The van der Waals surface area contributed by atoms with Crippen LogP contribution in [0.2, 0.25) is 0 Å². The zero-order valence-electron chi connectivity index (χ0n) is 14.1.